The molecule has 0 spiro atoms. The van der Waals surface area contributed by atoms with Crippen molar-refractivity contribution in [2.45, 2.75) is 55.2 Å². The molecule has 1 fully saturated rings. The van der Waals surface area contributed by atoms with Gasteiger partial charge in [-0.2, -0.15) is 0 Å². The maximum Gasteiger partial charge on any atom is 0.255 e. The van der Waals surface area contributed by atoms with Crippen LogP contribution in [0.15, 0.2) is 39.6 Å². The van der Waals surface area contributed by atoms with Gasteiger partial charge in [0, 0.05) is 24.5 Å². The van der Waals surface area contributed by atoms with Gasteiger partial charge in [0.1, 0.15) is 0 Å². The number of nitrogens with zero attached hydrogens (tertiary/aromatic N) is 1. The monoisotopic (exact) mass is 422 g/mol. The van der Waals surface area contributed by atoms with Crippen LogP contribution in [0.4, 0.5) is 0 Å². The fourth-order valence-electron chi connectivity index (χ4n) is 3.74. The number of allylic oxidation sites excluding steroid dienone is 1. The minimum atomic E-state index is -3.65. The van der Waals surface area contributed by atoms with Crippen LogP contribution in [0, 0.1) is 5.92 Å². The number of sulfonamides is 1. The summed E-state index contributed by atoms with van der Waals surface area (Å²) in [5, 5.41) is 0. The third-order valence-corrected chi connectivity index (χ3v) is 7.85. The first-order valence-electron chi connectivity index (χ1n) is 10.1. The fourth-order valence-corrected chi connectivity index (χ4v) is 5.37. The van der Waals surface area contributed by atoms with E-state index in [-0.39, 0.29) is 10.8 Å². The van der Waals surface area contributed by atoms with Gasteiger partial charge in [0.15, 0.2) is 0 Å². The van der Waals surface area contributed by atoms with E-state index in [2.05, 4.69) is 17.7 Å². The van der Waals surface area contributed by atoms with Crippen molar-refractivity contribution in [3.05, 3.63) is 35.4 Å². The number of thioether (sulfide) groups is 1. The number of hydrogen-bond donors (Lipinski definition) is 1. The molecule has 0 atom stereocenters. The Morgan fingerprint density at radius 2 is 2.00 bits per heavy atom. The number of likely N-dealkylation sites (tertiary alicyclic amines) is 1. The van der Waals surface area contributed by atoms with Crippen molar-refractivity contribution in [3.63, 3.8) is 0 Å². The highest BCUT2D eigenvalue weighted by molar-refractivity contribution is 7.98. The topological polar surface area (TPSA) is 66.5 Å². The maximum atomic E-state index is 13.1. The molecule has 0 saturated carbocycles. The summed E-state index contributed by atoms with van der Waals surface area (Å²) in [5.41, 5.74) is 1.64. The van der Waals surface area contributed by atoms with Gasteiger partial charge in [-0.3, -0.25) is 4.79 Å². The first kappa shape index (κ1) is 21.4. The molecule has 1 amide bonds. The van der Waals surface area contributed by atoms with Crippen LogP contribution < -0.4 is 4.72 Å². The van der Waals surface area contributed by atoms with Gasteiger partial charge in [0.25, 0.3) is 5.91 Å². The number of carbonyl (C=O) groups is 1. The summed E-state index contributed by atoms with van der Waals surface area (Å²) in [6, 6.07) is 4.89. The van der Waals surface area contributed by atoms with Crippen molar-refractivity contribution < 1.29 is 13.2 Å². The number of carbonyl (C=O) groups excluding carboxylic acids is 1. The molecule has 0 radical (unpaired) electrons. The van der Waals surface area contributed by atoms with Crippen molar-refractivity contribution in [2.24, 2.45) is 5.92 Å². The van der Waals surface area contributed by atoms with Crippen LogP contribution in [0.1, 0.15) is 55.8 Å². The Morgan fingerprint density at radius 1 is 1.25 bits per heavy atom. The van der Waals surface area contributed by atoms with Gasteiger partial charge >= 0.3 is 0 Å². The average Bonchev–Trinajstić information content (AvgIpc) is 2.72. The van der Waals surface area contributed by atoms with E-state index in [9.17, 15) is 13.2 Å². The van der Waals surface area contributed by atoms with Crippen molar-refractivity contribution in [2.75, 3.05) is 25.9 Å². The number of benzene rings is 1. The predicted molar refractivity (Wildman–Crippen MR) is 114 cm³/mol. The van der Waals surface area contributed by atoms with Crippen LogP contribution in [-0.2, 0) is 10.0 Å². The quantitative estimate of drug-likeness (QED) is 0.555. The Hall–Kier alpha value is -1.31. The molecule has 2 aliphatic rings. The third kappa shape index (κ3) is 5.19. The van der Waals surface area contributed by atoms with Crippen LogP contribution in [0.5, 0.6) is 0 Å². The number of piperidine rings is 1. The molecule has 1 heterocycles. The lowest BCUT2D eigenvalue weighted by Crippen LogP contribution is -2.38. The lowest BCUT2D eigenvalue weighted by molar-refractivity contribution is 0.0693. The molecule has 5 nitrogen and oxygen atoms in total. The summed E-state index contributed by atoms with van der Waals surface area (Å²) in [7, 11) is -3.65. The van der Waals surface area contributed by atoms with Gasteiger partial charge < -0.3 is 4.90 Å². The van der Waals surface area contributed by atoms with Gasteiger partial charge in [0.05, 0.1) is 10.5 Å². The molecule has 1 aliphatic heterocycles. The molecule has 3 rings (SSSR count). The highest BCUT2D eigenvalue weighted by Gasteiger charge is 2.25. The second kappa shape index (κ2) is 9.46. The van der Waals surface area contributed by atoms with Crippen molar-refractivity contribution in [3.8, 4) is 0 Å². The lowest BCUT2D eigenvalue weighted by atomic mass is 9.98. The molecule has 1 aromatic carbocycles. The molecule has 0 aromatic heterocycles. The minimum absolute atomic E-state index is 0.0664. The molecular weight excluding hydrogens is 392 g/mol. The van der Waals surface area contributed by atoms with Gasteiger partial charge in [0.2, 0.25) is 10.0 Å². The molecule has 1 N–H and O–H groups in total. The van der Waals surface area contributed by atoms with Gasteiger partial charge in [-0.25, -0.2) is 13.1 Å². The van der Waals surface area contributed by atoms with Crippen LogP contribution in [0.25, 0.3) is 0 Å². The summed E-state index contributed by atoms with van der Waals surface area (Å²) in [6.45, 7) is 4.02. The van der Waals surface area contributed by atoms with Crippen molar-refractivity contribution in [1.29, 1.82) is 0 Å². The first-order chi connectivity index (χ1) is 13.4. The van der Waals surface area contributed by atoms with E-state index in [0.717, 1.165) is 55.7 Å². The molecule has 154 valence electrons. The molecule has 7 heteroatoms. The second-order valence-electron chi connectivity index (χ2n) is 7.77. The maximum absolute atomic E-state index is 13.1. The summed E-state index contributed by atoms with van der Waals surface area (Å²) in [4.78, 5) is 15.9. The standard InChI is InChI=1S/C21H30N2O3S2/c1-16-10-12-23(13-11-16)21(24)19-14-18(8-9-20(19)27-2)28(25,26)22-15-17-6-4-3-5-7-17/h6,8-9,14,16,22H,3-5,7,10-13,15H2,1-2H3. The summed E-state index contributed by atoms with van der Waals surface area (Å²) < 4.78 is 28.3. The van der Waals surface area contributed by atoms with E-state index in [1.807, 2.05) is 11.2 Å². The average molecular weight is 423 g/mol. The summed E-state index contributed by atoms with van der Waals surface area (Å²) in [5.74, 6) is 0.567. The summed E-state index contributed by atoms with van der Waals surface area (Å²) in [6.07, 6.45) is 10.3. The zero-order valence-corrected chi connectivity index (χ0v) is 18.4. The first-order valence-corrected chi connectivity index (χ1v) is 12.8. The van der Waals surface area contributed by atoms with E-state index in [1.165, 1.54) is 18.2 Å². The predicted octanol–water partition coefficient (Wildman–Crippen LogP) is 4.06. The third-order valence-electron chi connectivity index (χ3n) is 5.66. The molecule has 0 unspecified atom stereocenters. The highest BCUT2D eigenvalue weighted by atomic mass is 32.2. The lowest BCUT2D eigenvalue weighted by Gasteiger charge is -2.30. The Morgan fingerprint density at radius 3 is 2.64 bits per heavy atom. The number of amides is 1. The molecule has 28 heavy (non-hydrogen) atoms. The van der Waals surface area contributed by atoms with E-state index in [4.69, 9.17) is 0 Å². The molecular formula is C21H30N2O3S2. The Bertz CT molecular complexity index is 841. The number of nitrogens with one attached hydrogen (secondary N) is 1. The normalized spacial score (nSPS) is 18.8. The smallest absolute Gasteiger partial charge is 0.255 e. The van der Waals surface area contributed by atoms with Crippen LogP contribution in [0.2, 0.25) is 0 Å². The fraction of sp³-hybridized carbons (Fsp3) is 0.571. The van der Waals surface area contributed by atoms with Gasteiger partial charge in [-0.15, -0.1) is 11.8 Å². The van der Waals surface area contributed by atoms with Gasteiger partial charge in [-0.1, -0.05) is 18.6 Å². The highest BCUT2D eigenvalue weighted by Crippen LogP contribution is 2.27. The van der Waals surface area contributed by atoms with Gasteiger partial charge in [-0.05, 0) is 68.9 Å². The van der Waals surface area contributed by atoms with Crippen LogP contribution in [-0.4, -0.2) is 45.1 Å². The molecule has 1 saturated heterocycles. The van der Waals surface area contributed by atoms with Crippen molar-refractivity contribution in [1.82, 2.24) is 9.62 Å². The van der Waals surface area contributed by atoms with E-state index in [1.54, 1.807) is 18.2 Å². The Labute approximate surface area is 173 Å². The van der Waals surface area contributed by atoms with Crippen LogP contribution in [0.3, 0.4) is 0 Å². The Kier molecular flexibility index (Phi) is 7.23. The summed E-state index contributed by atoms with van der Waals surface area (Å²) >= 11 is 1.47. The van der Waals surface area contributed by atoms with Crippen LogP contribution >= 0.6 is 11.8 Å². The second-order valence-corrected chi connectivity index (χ2v) is 10.4. The van der Waals surface area contributed by atoms with E-state index >= 15 is 0 Å². The minimum Gasteiger partial charge on any atom is -0.339 e. The zero-order chi connectivity index (χ0) is 20.1. The largest absolute Gasteiger partial charge is 0.339 e. The molecule has 1 aliphatic carbocycles. The van der Waals surface area contributed by atoms with E-state index < -0.39 is 10.0 Å². The molecule has 1 aromatic rings. The zero-order valence-electron chi connectivity index (χ0n) is 16.7. The Balaban J connectivity index is 1.79. The number of rotatable bonds is 6. The van der Waals surface area contributed by atoms with Crippen molar-refractivity contribution >= 4 is 27.7 Å². The SMILES string of the molecule is CSc1ccc(S(=O)(=O)NCC2=CCCCC2)cc1C(=O)N1CCC(C)CC1. The number of hydrogen-bond acceptors (Lipinski definition) is 4. The van der Waals surface area contributed by atoms with E-state index in [0.29, 0.717) is 18.0 Å². The molecule has 0 bridgehead atoms.